The molecule has 1 aliphatic rings. The Morgan fingerprint density at radius 3 is 2.78 bits per heavy atom. The lowest BCUT2D eigenvalue weighted by molar-refractivity contribution is -0.117. The maximum Gasteiger partial charge on any atom is 0.337 e. The molecule has 1 fully saturated rings. The number of carboxylic acid groups (broad SMARTS) is 1. The van der Waals surface area contributed by atoms with Gasteiger partial charge in [0.15, 0.2) is 0 Å². The molecule has 0 radical (unpaired) electrons. The zero-order valence-corrected chi connectivity index (χ0v) is 9.47. The molecule has 0 aromatic heterocycles. The summed E-state index contributed by atoms with van der Waals surface area (Å²) in [5.74, 6) is -2.36. The van der Waals surface area contributed by atoms with Crippen LogP contribution in [0.15, 0.2) is 18.2 Å². The van der Waals surface area contributed by atoms with Crippen molar-refractivity contribution in [1.82, 2.24) is 0 Å². The minimum absolute atomic E-state index is 0.0449. The third-order valence-electron chi connectivity index (χ3n) is 2.94. The van der Waals surface area contributed by atoms with E-state index in [0.717, 1.165) is 18.2 Å². The van der Waals surface area contributed by atoms with Gasteiger partial charge in [-0.1, -0.05) is 0 Å². The Morgan fingerprint density at radius 2 is 2.22 bits per heavy atom. The molecule has 0 spiro atoms. The lowest BCUT2D eigenvalue weighted by Crippen LogP contribution is -2.27. The van der Waals surface area contributed by atoms with Crippen molar-refractivity contribution in [2.75, 3.05) is 18.1 Å². The van der Waals surface area contributed by atoms with E-state index >= 15 is 0 Å². The molecule has 2 N–H and O–H groups in total. The first-order chi connectivity index (χ1) is 8.52. The van der Waals surface area contributed by atoms with E-state index in [9.17, 15) is 14.0 Å². The van der Waals surface area contributed by atoms with E-state index in [0.29, 0.717) is 0 Å². The number of carbonyl (C=O) groups excluding carboxylic acids is 1. The molecule has 1 heterocycles. The van der Waals surface area contributed by atoms with E-state index in [2.05, 4.69) is 0 Å². The van der Waals surface area contributed by atoms with Gasteiger partial charge in [-0.05, 0) is 18.2 Å². The summed E-state index contributed by atoms with van der Waals surface area (Å²) < 4.78 is 13.2. The third kappa shape index (κ3) is 2.19. The normalized spacial score (nSPS) is 19.3. The molecule has 1 aliphatic heterocycles. The van der Waals surface area contributed by atoms with Gasteiger partial charge in [0.2, 0.25) is 5.91 Å². The second-order valence-corrected chi connectivity index (χ2v) is 4.22. The molecule has 1 aromatic carbocycles. The largest absolute Gasteiger partial charge is 0.478 e. The van der Waals surface area contributed by atoms with Gasteiger partial charge in [0.05, 0.1) is 11.3 Å². The molecule has 0 aliphatic carbocycles. The van der Waals surface area contributed by atoms with Crippen LogP contribution in [0.3, 0.4) is 0 Å². The molecule has 1 amide bonds. The van der Waals surface area contributed by atoms with Crippen LogP contribution in [0.5, 0.6) is 0 Å². The van der Waals surface area contributed by atoms with Gasteiger partial charge >= 0.3 is 5.97 Å². The SMILES string of the molecule is O=C(O)c1ccc(F)cc1N1CC(CO)CC1=O. The number of hydrogen-bond donors (Lipinski definition) is 2. The highest BCUT2D eigenvalue weighted by atomic mass is 19.1. The molecule has 1 aromatic rings. The van der Waals surface area contributed by atoms with Crippen molar-refractivity contribution in [3.8, 4) is 0 Å². The monoisotopic (exact) mass is 253 g/mol. The van der Waals surface area contributed by atoms with Gasteiger partial charge in [0.1, 0.15) is 5.82 Å². The molecular formula is C12H12FNO4. The maximum atomic E-state index is 13.2. The minimum atomic E-state index is -1.22. The number of rotatable bonds is 3. The molecule has 1 unspecified atom stereocenters. The van der Waals surface area contributed by atoms with Crippen LogP contribution >= 0.6 is 0 Å². The molecule has 1 atom stereocenters. The highest BCUT2D eigenvalue weighted by molar-refractivity contribution is 6.03. The lowest BCUT2D eigenvalue weighted by atomic mass is 10.1. The fraction of sp³-hybridized carbons (Fsp3) is 0.333. The van der Waals surface area contributed by atoms with Crippen LogP contribution < -0.4 is 4.90 Å². The van der Waals surface area contributed by atoms with Gasteiger partial charge in [0, 0.05) is 25.5 Å². The highest BCUT2D eigenvalue weighted by Gasteiger charge is 2.32. The van der Waals surface area contributed by atoms with E-state index in [1.54, 1.807) is 0 Å². The molecule has 2 rings (SSSR count). The highest BCUT2D eigenvalue weighted by Crippen LogP contribution is 2.28. The predicted molar refractivity (Wildman–Crippen MR) is 60.9 cm³/mol. The Kier molecular flexibility index (Phi) is 3.29. The van der Waals surface area contributed by atoms with E-state index in [1.807, 2.05) is 0 Å². The Bertz CT molecular complexity index is 503. The Morgan fingerprint density at radius 1 is 1.50 bits per heavy atom. The van der Waals surface area contributed by atoms with Crippen molar-refractivity contribution in [3.63, 3.8) is 0 Å². The summed E-state index contributed by atoms with van der Waals surface area (Å²) in [7, 11) is 0. The first kappa shape index (κ1) is 12.5. The summed E-state index contributed by atoms with van der Waals surface area (Å²) in [5, 5.41) is 18.0. The molecular weight excluding hydrogens is 241 g/mol. The number of carboxylic acids is 1. The van der Waals surface area contributed by atoms with Crippen LogP contribution in [0.25, 0.3) is 0 Å². The predicted octanol–water partition coefficient (Wildman–Crippen LogP) is 0.869. The van der Waals surface area contributed by atoms with E-state index in [4.69, 9.17) is 10.2 Å². The van der Waals surface area contributed by atoms with E-state index in [-0.39, 0.29) is 42.6 Å². The Hall–Kier alpha value is -1.95. The lowest BCUT2D eigenvalue weighted by Gasteiger charge is -2.18. The fourth-order valence-corrected chi connectivity index (χ4v) is 2.05. The second kappa shape index (κ2) is 4.73. The number of aromatic carboxylic acids is 1. The first-order valence-electron chi connectivity index (χ1n) is 5.47. The molecule has 5 nitrogen and oxygen atoms in total. The summed E-state index contributed by atoms with van der Waals surface area (Å²) in [6.07, 6.45) is 0.145. The van der Waals surface area contributed by atoms with Gasteiger partial charge in [-0.25, -0.2) is 9.18 Å². The molecule has 0 saturated carbocycles. The van der Waals surface area contributed by atoms with Crippen LogP contribution in [0.4, 0.5) is 10.1 Å². The molecule has 1 saturated heterocycles. The number of hydrogen-bond acceptors (Lipinski definition) is 3. The van der Waals surface area contributed by atoms with Crippen molar-refractivity contribution < 1.29 is 24.2 Å². The van der Waals surface area contributed by atoms with E-state index in [1.165, 1.54) is 4.90 Å². The van der Waals surface area contributed by atoms with Crippen molar-refractivity contribution in [1.29, 1.82) is 0 Å². The Labute approximate surface area is 102 Å². The minimum Gasteiger partial charge on any atom is -0.478 e. The summed E-state index contributed by atoms with van der Waals surface area (Å²) in [6, 6.07) is 3.20. The number of carbonyl (C=O) groups is 2. The summed E-state index contributed by atoms with van der Waals surface area (Å²) >= 11 is 0. The Balaban J connectivity index is 2.41. The second-order valence-electron chi connectivity index (χ2n) is 4.22. The molecule has 6 heteroatoms. The number of nitrogens with zero attached hydrogens (tertiary/aromatic N) is 1. The first-order valence-corrected chi connectivity index (χ1v) is 5.47. The van der Waals surface area contributed by atoms with Gasteiger partial charge in [0.25, 0.3) is 0 Å². The fourth-order valence-electron chi connectivity index (χ4n) is 2.05. The van der Waals surface area contributed by atoms with Crippen molar-refractivity contribution in [3.05, 3.63) is 29.6 Å². The number of aliphatic hydroxyl groups is 1. The topological polar surface area (TPSA) is 77.8 Å². The smallest absolute Gasteiger partial charge is 0.337 e. The van der Waals surface area contributed by atoms with Crippen LogP contribution in [0, 0.1) is 11.7 Å². The zero-order valence-electron chi connectivity index (χ0n) is 9.47. The summed E-state index contributed by atoms with van der Waals surface area (Å²) in [4.78, 5) is 24.0. The van der Waals surface area contributed by atoms with Crippen molar-refractivity contribution >= 4 is 17.6 Å². The van der Waals surface area contributed by atoms with Gasteiger partial charge in [-0.2, -0.15) is 0 Å². The van der Waals surface area contributed by atoms with Crippen LogP contribution in [0.1, 0.15) is 16.8 Å². The zero-order chi connectivity index (χ0) is 13.3. The van der Waals surface area contributed by atoms with Gasteiger partial charge in [-0.3, -0.25) is 4.79 Å². The van der Waals surface area contributed by atoms with Gasteiger partial charge < -0.3 is 15.1 Å². The van der Waals surface area contributed by atoms with Gasteiger partial charge in [-0.15, -0.1) is 0 Å². The molecule has 0 bridgehead atoms. The quantitative estimate of drug-likeness (QED) is 0.837. The van der Waals surface area contributed by atoms with Crippen LogP contribution in [-0.4, -0.2) is 35.2 Å². The third-order valence-corrected chi connectivity index (χ3v) is 2.94. The summed E-state index contributed by atoms with van der Waals surface area (Å²) in [5.41, 5.74) is -0.0770. The number of aliphatic hydroxyl groups excluding tert-OH is 1. The van der Waals surface area contributed by atoms with E-state index < -0.39 is 11.8 Å². The maximum absolute atomic E-state index is 13.2. The number of anilines is 1. The summed E-state index contributed by atoms with van der Waals surface area (Å²) in [6.45, 7) is 0.0546. The standard InChI is InChI=1S/C12H12FNO4/c13-8-1-2-9(12(17)18)10(4-8)14-5-7(6-15)3-11(14)16/h1-2,4,7,15H,3,5-6H2,(H,17,18). The number of amides is 1. The average molecular weight is 253 g/mol. The van der Waals surface area contributed by atoms with Crippen molar-refractivity contribution in [2.45, 2.75) is 6.42 Å². The average Bonchev–Trinajstić information content (AvgIpc) is 2.70. The van der Waals surface area contributed by atoms with Crippen molar-refractivity contribution in [2.24, 2.45) is 5.92 Å². The molecule has 18 heavy (non-hydrogen) atoms. The molecule has 96 valence electrons. The number of halogens is 1. The number of benzene rings is 1. The van der Waals surface area contributed by atoms with Crippen LogP contribution in [-0.2, 0) is 4.79 Å². The van der Waals surface area contributed by atoms with Crippen LogP contribution in [0.2, 0.25) is 0 Å².